The minimum atomic E-state index is -1.25. The predicted octanol–water partition coefficient (Wildman–Crippen LogP) is -0.00120. The number of hydrogen-bond acceptors (Lipinski definition) is 10. The number of rotatable bonds is 13. The first kappa shape index (κ1) is 31.1. The van der Waals surface area contributed by atoms with E-state index in [0.717, 1.165) is 11.8 Å². The molecular weight excluding hydrogens is 576 g/mol. The van der Waals surface area contributed by atoms with E-state index in [1.54, 1.807) is 48.5 Å². The van der Waals surface area contributed by atoms with Crippen LogP contribution in [0.4, 0.5) is 15.3 Å². The molecule has 0 bridgehead atoms. The summed E-state index contributed by atoms with van der Waals surface area (Å²) in [5.74, 6) is -2.24. The normalized spacial score (nSPS) is 15.2. The van der Waals surface area contributed by atoms with Gasteiger partial charge in [-0.25, -0.2) is 15.0 Å². The van der Waals surface area contributed by atoms with E-state index in [1.807, 2.05) is 11.5 Å². The van der Waals surface area contributed by atoms with Crippen LogP contribution in [-0.2, 0) is 38.6 Å². The number of nitrogens with two attached hydrogens (primary N) is 1. The van der Waals surface area contributed by atoms with E-state index in [4.69, 9.17) is 10.5 Å². The highest BCUT2D eigenvalue weighted by Crippen LogP contribution is 2.33. The van der Waals surface area contributed by atoms with Crippen LogP contribution in [0.25, 0.3) is 0 Å². The highest BCUT2D eigenvalue weighted by Gasteiger charge is 2.41. The van der Waals surface area contributed by atoms with Gasteiger partial charge in [-0.3, -0.25) is 19.3 Å². The Morgan fingerprint density at radius 3 is 2.57 bits per heavy atom. The van der Waals surface area contributed by atoms with E-state index in [2.05, 4.69) is 36.4 Å². The van der Waals surface area contributed by atoms with E-state index in [-0.39, 0.29) is 25.9 Å². The average Bonchev–Trinajstić information content (AvgIpc) is 3.66. The van der Waals surface area contributed by atoms with Crippen molar-refractivity contribution in [3.63, 3.8) is 0 Å². The number of nitrogens with zero attached hydrogens (tertiary/aromatic N) is 5. The van der Waals surface area contributed by atoms with Crippen molar-refractivity contribution in [2.45, 2.75) is 50.4 Å². The highest BCUT2D eigenvalue weighted by atomic mass is 16.5. The van der Waals surface area contributed by atoms with Crippen LogP contribution in [0.3, 0.4) is 0 Å². The lowest BCUT2D eigenvalue weighted by Crippen LogP contribution is -2.56. The predicted molar refractivity (Wildman–Crippen MR) is 153 cm³/mol. The van der Waals surface area contributed by atoms with Gasteiger partial charge in [-0.1, -0.05) is 53.7 Å². The highest BCUT2D eigenvalue weighted by molar-refractivity contribution is 6.06. The summed E-state index contributed by atoms with van der Waals surface area (Å²) in [6.07, 6.45) is -0.0935. The Bertz CT molecular complexity index is 1500. The summed E-state index contributed by atoms with van der Waals surface area (Å²) in [6, 6.07) is 11.4. The summed E-state index contributed by atoms with van der Waals surface area (Å²) < 4.78 is 5.34. The molecule has 1 aliphatic rings. The van der Waals surface area contributed by atoms with Crippen LogP contribution in [-0.4, -0.2) is 80.0 Å². The van der Waals surface area contributed by atoms with E-state index in [9.17, 15) is 29.1 Å². The number of carboxylic acids is 1. The molecule has 2 heterocycles. The number of carbonyl (C=O) groups is 5. The molecule has 4 rings (SSSR count). The molecule has 17 nitrogen and oxygen atoms in total. The Labute approximate surface area is 250 Å². The van der Waals surface area contributed by atoms with Gasteiger partial charge in [0.05, 0.1) is 12.5 Å². The molecule has 0 fully saturated rings. The molecule has 0 unspecified atom stereocenters. The van der Waals surface area contributed by atoms with Crippen molar-refractivity contribution in [2.24, 2.45) is 10.8 Å². The number of primary amides is 1. The summed E-state index contributed by atoms with van der Waals surface area (Å²) in [4.78, 5) is 64.1. The van der Waals surface area contributed by atoms with Gasteiger partial charge in [-0.2, -0.15) is 10.3 Å². The van der Waals surface area contributed by atoms with E-state index in [0.29, 0.717) is 17.1 Å². The number of anilines is 1. The molecule has 1 aromatic heterocycles. The van der Waals surface area contributed by atoms with Crippen molar-refractivity contribution in [3.8, 4) is 0 Å². The second kappa shape index (κ2) is 14.9. The van der Waals surface area contributed by atoms with Crippen molar-refractivity contribution in [2.75, 3.05) is 4.90 Å². The topological polar surface area (TPSA) is 247 Å². The van der Waals surface area contributed by atoms with Gasteiger partial charge in [-0.05, 0) is 23.6 Å². The number of amides is 5. The van der Waals surface area contributed by atoms with Gasteiger partial charge < -0.3 is 26.2 Å². The van der Waals surface area contributed by atoms with Gasteiger partial charge in [0.2, 0.25) is 11.8 Å². The van der Waals surface area contributed by atoms with E-state index < -0.39 is 54.5 Å². The molecule has 3 atom stereocenters. The summed E-state index contributed by atoms with van der Waals surface area (Å²) in [5, 5.41) is 31.7. The SMILES string of the molecule is NC(=O)NN=C[C@H](CC(=O)O)NC(=O)[C@@H]1Cc2ccccc2N1C(=O)[C@H](CCc1nn[nH]n1)NC(=O)OCc1ccccc1. The van der Waals surface area contributed by atoms with Crippen molar-refractivity contribution >= 4 is 41.8 Å². The molecule has 17 heteroatoms. The number of H-pyrrole nitrogens is 1. The standard InChI is InChI=1S/C27H30N10O7/c28-26(42)34-29-14-18(13-23(38)39)30-24(40)21-12-17-8-4-5-9-20(17)37(21)25(41)19(10-11-22-32-35-36-33-22)31-27(43)44-15-16-6-2-1-3-7-16/h1-9,14,18-19,21H,10-13,15H2,(H,30,40)(H,31,43)(H,38,39)(H3,28,34,42)(H,32,33,35,36)/t18-,19-,21-/m0/s1. The second-order valence-electron chi connectivity index (χ2n) is 9.65. The number of aliphatic carboxylic acids is 1. The zero-order valence-corrected chi connectivity index (χ0v) is 23.3. The molecule has 2 aromatic carbocycles. The second-order valence-corrected chi connectivity index (χ2v) is 9.65. The van der Waals surface area contributed by atoms with Gasteiger partial charge in [0.15, 0.2) is 5.82 Å². The fourth-order valence-electron chi connectivity index (χ4n) is 4.56. The molecule has 5 amide bonds. The average molecular weight is 607 g/mol. The number of tetrazole rings is 1. The molecule has 230 valence electrons. The number of ether oxygens (including phenoxy) is 1. The fraction of sp³-hybridized carbons (Fsp3) is 0.296. The minimum absolute atomic E-state index is 0.0346. The number of alkyl carbamates (subject to hydrolysis) is 1. The Morgan fingerprint density at radius 2 is 1.86 bits per heavy atom. The van der Waals surface area contributed by atoms with Crippen LogP contribution in [0.1, 0.15) is 29.8 Å². The zero-order chi connectivity index (χ0) is 31.5. The Kier molecular flexibility index (Phi) is 10.5. The smallest absolute Gasteiger partial charge is 0.408 e. The largest absolute Gasteiger partial charge is 0.481 e. The number of aromatic nitrogens is 4. The summed E-state index contributed by atoms with van der Waals surface area (Å²) in [5.41, 5.74) is 8.80. The molecule has 44 heavy (non-hydrogen) atoms. The maximum atomic E-state index is 14.1. The van der Waals surface area contributed by atoms with Gasteiger partial charge in [0.25, 0.3) is 0 Å². The third-order valence-electron chi connectivity index (χ3n) is 6.52. The van der Waals surface area contributed by atoms with Crippen LogP contribution in [0.5, 0.6) is 0 Å². The number of para-hydroxylation sites is 1. The molecule has 7 N–H and O–H groups in total. The van der Waals surface area contributed by atoms with Gasteiger partial charge in [0, 0.05) is 24.7 Å². The van der Waals surface area contributed by atoms with Crippen molar-refractivity contribution in [1.29, 1.82) is 0 Å². The van der Waals surface area contributed by atoms with Gasteiger partial charge in [0.1, 0.15) is 18.7 Å². The molecule has 0 radical (unpaired) electrons. The van der Waals surface area contributed by atoms with E-state index >= 15 is 0 Å². The molecule has 0 aliphatic carbocycles. The first-order valence-corrected chi connectivity index (χ1v) is 13.4. The molecular formula is C27H30N10O7. The Balaban J connectivity index is 1.56. The number of carboxylic acid groups (broad SMARTS) is 1. The van der Waals surface area contributed by atoms with E-state index in [1.165, 1.54) is 4.90 Å². The summed E-state index contributed by atoms with van der Waals surface area (Å²) in [6.45, 7) is -0.0346. The lowest BCUT2D eigenvalue weighted by atomic mass is 10.1. The minimum Gasteiger partial charge on any atom is -0.481 e. The number of benzene rings is 2. The number of nitrogens with one attached hydrogen (secondary N) is 4. The van der Waals surface area contributed by atoms with Crippen LogP contribution < -0.4 is 26.7 Å². The number of carbonyl (C=O) groups excluding carboxylic acids is 4. The van der Waals surface area contributed by atoms with Gasteiger partial charge in [-0.15, -0.1) is 10.2 Å². The van der Waals surface area contributed by atoms with Gasteiger partial charge >= 0.3 is 18.1 Å². The third-order valence-corrected chi connectivity index (χ3v) is 6.52. The first-order chi connectivity index (χ1) is 21.2. The molecule has 0 saturated heterocycles. The zero-order valence-electron chi connectivity index (χ0n) is 23.3. The number of hydrazone groups is 1. The molecule has 0 saturated carbocycles. The Morgan fingerprint density at radius 1 is 1.11 bits per heavy atom. The molecule has 1 aliphatic heterocycles. The number of fused-ring (bicyclic) bond motifs is 1. The molecule has 0 spiro atoms. The Hall–Kier alpha value is -5.87. The van der Waals surface area contributed by atoms with Crippen molar-refractivity contribution in [1.82, 2.24) is 36.7 Å². The number of urea groups is 1. The van der Waals surface area contributed by atoms with Crippen LogP contribution in [0, 0.1) is 0 Å². The number of aryl methyl sites for hydroxylation is 1. The summed E-state index contributed by atoms with van der Waals surface area (Å²) >= 11 is 0. The maximum Gasteiger partial charge on any atom is 0.408 e. The van der Waals surface area contributed by atoms with Crippen molar-refractivity contribution < 1.29 is 33.8 Å². The van der Waals surface area contributed by atoms with Crippen LogP contribution >= 0.6 is 0 Å². The van der Waals surface area contributed by atoms with Crippen LogP contribution in [0.2, 0.25) is 0 Å². The lowest BCUT2D eigenvalue weighted by Gasteiger charge is -2.29. The molecule has 3 aromatic rings. The number of aromatic amines is 1. The maximum absolute atomic E-state index is 14.1. The monoisotopic (exact) mass is 606 g/mol. The quantitative estimate of drug-likeness (QED) is 0.112. The summed E-state index contributed by atoms with van der Waals surface area (Å²) in [7, 11) is 0. The number of hydrogen-bond donors (Lipinski definition) is 6. The lowest BCUT2D eigenvalue weighted by molar-refractivity contribution is -0.137. The third kappa shape index (κ3) is 8.57. The van der Waals surface area contributed by atoms with Crippen LogP contribution in [0.15, 0.2) is 59.7 Å². The first-order valence-electron chi connectivity index (χ1n) is 13.4. The van der Waals surface area contributed by atoms with Crippen molar-refractivity contribution in [3.05, 3.63) is 71.5 Å². The fourth-order valence-corrected chi connectivity index (χ4v) is 4.56.